The van der Waals surface area contributed by atoms with Crippen LogP contribution in [0, 0.1) is 0 Å². The van der Waals surface area contributed by atoms with E-state index < -0.39 is 9.05 Å². The number of aryl methyl sites for hydroxylation is 2. The number of halogens is 1. The van der Waals surface area contributed by atoms with Crippen molar-refractivity contribution in [2.75, 3.05) is 0 Å². The molecule has 0 bridgehead atoms. The zero-order chi connectivity index (χ0) is 15.5. The molecule has 0 unspecified atom stereocenters. The molecular weight excluding hydrogens is 312 g/mol. The minimum Gasteiger partial charge on any atom is -0.487 e. The van der Waals surface area contributed by atoms with Crippen molar-refractivity contribution in [1.29, 1.82) is 0 Å². The third-order valence-corrected chi connectivity index (χ3v) is 4.44. The summed E-state index contributed by atoms with van der Waals surface area (Å²) in [5.41, 5.74) is 2.02. The second kappa shape index (κ2) is 6.49. The summed E-state index contributed by atoms with van der Waals surface area (Å²) in [5, 5.41) is 4.45. The summed E-state index contributed by atoms with van der Waals surface area (Å²) in [5.74, 6) is 0.584. The molecule has 1 heterocycles. The van der Waals surface area contributed by atoms with Crippen LogP contribution in [0.1, 0.15) is 25.2 Å². The summed E-state index contributed by atoms with van der Waals surface area (Å²) in [4.78, 5) is 0.0587. The number of hydrogen-bond acceptors (Lipinski definition) is 4. The maximum Gasteiger partial charge on any atom is 0.261 e. The Morgan fingerprint density at radius 2 is 1.90 bits per heavy atom. The first-order valence-electron chi connectivity index (χ1n) is 6.67. The highest BCUT2D eigenvalue weighted by molar-refractivity contribution is 8.13. The van der Waals surface area contributed by atoms with Crippen LogP contribution in [0.4, 0.5) is 0 Å². The van der Waals surface area contributed by atoms with Crippen LogP contribution in [0.5, 0.6) is 5.75 Å². The van der Waals surface area contributed by atoms with E-state index in [1.807, 2.05) is 17.7 Å². The SMILES string of the molecule is CCc1cc(COc2ccc(S(=O)(=O)Cl)cc2)n(CC)n1. The first kappa shape index (κ1) is 15.9. The van der Waals surface area contributed by atoms with Crippen LogP contribution in [0.2, 0.25) is 0 Å². The van der Waals surface area contributed by atoms with E-state index in [2.05, 4.69) is 12.0 Å². The third kappa shape index (κ3) is 3.98. The van der Waals surface area contributed by atoms with Gasteiger partial charge in [0.2, 0.25) is 0 Å². The Hall–Kier alpha value is -1.53. The molecule has 114 valence electrons. The van der Waals surface area contributed by atoms with Gasteiger partial charge in [-0.25, -0.2) is 8.42 Å². The average molecular weight is 329 g/mol. The number of nitrogens with zero attached hydrogens (tertiary/aromatic N) is 2. The Balaban J connectivity index is 2.08. The Bertz CT molecular complexity index is 708. The molecule has 0 spiro atoms. The number of aromatic nitrogens is 2. The summed E-state index contributed by atoms with van der Waals surface area (Å²) >= 11 is 0. The molecular formula is C14H17ClN2O3S. The van der Waals surface area contributed by atoms with E-state index in [0.717, 1.165) is 24.4 Å². The van der Waals surface area contributed by atoms with Gasteiger partial charge in [0.1, 0.15) is 12.4 Å². The van der Waals surface area contributed by atoms with Crippen LogP contribution >= 0.6 is 10.7 Å². The molecule has 0 saturated carbocycles. The molecule has 0 radical (unpaired) electrons. The maximum atomic E-state index is 11.2. The lowest BCUT2D eigenvalue weighted by Gasteiger charge is -2.08. The summed E-state index contributed by atoms with van der Waals surface area (Å²) in [7, 11) is 1.57. The fourth-order valence-electron chi connectivity index (χ4n) is 1.93. The average Bonchev–Trinajstić information content (AvgIpc) is 2.87. The van der Waals surface area contributed by atoms with Crippen LogP contribution in [-0.2, 0) is 28.6 Å². The van der Waals surface area contributed by atoms with Crippen LogP contribution in [0.3, 0.4) is 0 Å². The van der Waals surface area contributed by atoms with Crippen LogP contribution in [0.15, 0.2) is 35.2 Å². The highest BCUT2D eigenvalue weighted by Crippen LogP contribution is 2.20. The quantitative estimate of drug-likeness (QED) is 0.765. The van der Waals surface area contributed by atoms with Crippen molar-refractivity contribution < 1.29 is 13.2 Å². The van der Waals surface area contributed by atoms with Crippen molar-refractivity contribution in [3.8, 4) is 5.75 Å². The lowest BCUT2D eigenvalue weighted by molar-refractivity contribution is 0.292. The fraction of sp³-hybridized carbons (Fsp3) is 0.357. The standard InChI is InChI=1S/C14H17ClN2O3S/c1-3-11-9-12(17(4-2)16-11)10-20-13-5-7-14(8-6-13)21(15,18)19/h5-9H,3-4,10H2,1-2H3. The van der Waals surface area contributed by atoms with Crippen LogP contribution in [-0.4, -0.2) is 18.2 Å². The monoisotopic (exact) mass is 328 g/mol. The van der Waals surface area contributed by atoms with E-state index >= 15 is 0 Å². The van der Waals surface area contributed by atoms with E-state index in [1.54, 1.807) is 12.1 Å². The van der Waals surface area contributed by atoms with Gasteiger partial charge >= 0.3 is 0 Å². The number of benzene rings is 1. The van der Waals surface area contributed by atoms with Gasteiger partial charge in [-0.1, -0.05) is 6.92 Å². The maximum absolute atomic E-state index is 11.2. The van der Waals surface area contributed by atoms with Gasteiger partial charge in [0.15, 0.2) is 0 Å². The van der Waals surface area contributed by atoms with Crippen LogP contribution < -0.4 is 4.74 Å². The first-order chi connectivity index (χ1) is 9.94. The van der Waals surface area contributed by atoms with Gasteiger partial charge in [-0.3, -0.25) is 4.68 Å². The predicted molar refractivity (Wildman–Crippen MR) is 81.1 cm³/mol. The van der Waals surface area contributed by atoms with E-state index in [0.29, 0.717) is 12.4 Å². The molecule has 21 heavy (non-hydrogen) atoms. The molecule has 7 heteroatoms. The topological polar surface area (TPSA) is 61.2 Å². The minimum atomic E-state index is -3.69. The van der Waals surface area contributed by atoms with E-state index in [1.165, 1.54) is 12.1 Å². The minimum absolute atomic E-state index is 0.0587. The van der Waals surface area contributed by atoms with Crippen molar-refractivity contribution in [1.82, 2.24) is 9.78 Å². The van der Waals surface area contributed by atoms with Crippen molar-refractivity contribution in [2.24, 2.45) is 0 Å². The second-order valence-electron chi connectivity index (χ2n) is 4.49. The van der Waals surface area contributed by atoms with Gasteiger partial charge in [0, 0.05) is 17.2 Å². The number of hydrogen-bond donors (Lipinski definition) is 0. The predicted octanol–water partition coefficient (Wildman–Crippen LogP) is 2.97. The lowest BCUT2D eigenvalue weighted by atomic mass is 10.3. The van der Waals surface area contributed by atoms with Gasteiger partial charge in [0.25, 0.3) is 9.05 Å². The lowest BCUT2D eigenvalue weighted by Crippen LogP contribution is -2.06. The van der Waals surface area contributed by atoms with Crippen molar-refractivity contribution in [3.05, 3.63) is 41.7 Å². The fourth-order valence-corrected chi connectivity index (χ4v) is 2.70. The molecule has 0 N–H and O–H groups in total. The zero-order valence-corrected chi connectivity index (χ0v) is 13.5. The molecule has 0 amide bonds. The third-order valence-electron chi connectivity index (χ3n) is 3.07. The molecule has 0 aliphatic carbocycles. The van der Waals surface area contributed by atoms with Gasteiger partial charge in [-0.2, -0.15) is 5.10 Å². The molecule has 0 atom stereocenters. The van der Waals surface area contributed by atoms with E-state index in [9.17, 15) is 8.42 Å². The highest BCUT2D eigenvalue weighted by atomic mass is 35.7. The second-order valence-corrected chi connectivity index (χ2v) is 7.06. The highest BCUT2D eigenvalue weighted by Gasteiger charge is 2.10. The van der Waals surface area contributed by atoms with Gasteiger partial charge in [-0.15, -0.1) is 0 Å². The number of ether oxygens (including phenoxy) is 1. The normalized spacial score (nSPS) is 11.6. The Morgan fingerprint density at radius 1 is 1.24 bits per heavy atom. The Labute approximate surface area is 128 Å². The van der Waals surface area contributed by atoms with Crippen LogP contribution in [0.25, 0.3) is 0 Å². The molecule has 0 fully saturated rings. The van der Waals surface area contributed by atoms with E-state index in [4.69, 9.17) is 15.4 Å². The van der Waals surface area contributed by atoms with Crippen molar-refractivity contribution >= 4 is 19.7 Å². The Kier molecular flexibility index (Phi) is 4.90. The summed E-state index contributed by atoms with van der Waals surface area (Å²) < 4.78 is 29.9. The molecule has 2 aromatic rings. The smallest absolute Gasteiger partial charge is 0.261 e. The van der Waals surface area contributed by atoms with E-state index in [-0.39, 0.29) is 4.90 Å². The largest absolute Gasteiger partial charge is 0.487 e. The summed E-state index contributed by atoms with van der Waals surface area (Å²) in [6.45, 7) is 5.24. The summed E-state index contributed by atoms with van der Waals surface area (Å²) in [6, 6.07) is 8.03. The molecule has 0 aliphatic rings. The first-order valence-corrected chi connectivity index (χ1v) is 8.98. The van der Waals surface area contributed by atoms with Crippen molar-refractivity contribution in [3.63, 3.8) is 0 Å². The molecule has 5 nitrogen and oxygen atoms in total. The molecule has 2 rings (SSSR count). The molecule has 1 aromatic heterocycles. The molecule has 0 aliphatic heterocycles. The van der Waals surface area contributed by atoms with Gasteiger partial charge < -0.3 is 4.74 Å². The van der Waals surface area contributed by atoms with Gasteiger partial charge in [0.05, 0.1) is 16.3 Å². The number of rotatable bonds is 6. The summed E-state index contributed by atoms with van der Waals surface area (Å²) in [6.07, 6.45) is 0.877. The Morgan fingerprint density at radius 3 is 2.43 bits per heavy atom. The van der Waals surface area contributed by atoms with Crippen molar-refractivity contribution in [2.45, 2.75) is 38.3 Å². The molecule has 1 aromatic carbocycles. The zero-order valence-electron chi connectivity index (χ0n) is 11.9. The van der Waals surface area contributed by atoms with Gasteiger partial charge in [-0.05, 0) is 43.7 Å². The molecule has 0 saturated heterocycles.